The zero-order valence-corrected chi connectivity index (χ0v) is 20.2. The van der Waals surface area contributed by atoms with Crippen molar-refractivity contribution < 1.29 is 9.53 Å². The number of ether oxygens (including phenoxy) is 1. The zero-order chi connectivity index (χ0) is 24.9. The van der Waals surface area contributed by atoms with Crippen molar-refractivity contribution in [3.63, 3.8) is 0 Å². The van der Waals surface area contributed by atoms with Crippen molar-refractivity contribution in [2.75, 3.05) is 20.8 Å². The number of hydrogen-bond acceptors (Lipinski definition) is 5. The molecule has 0 bridgehead atoms. The van der Waals surface area contributed by atoms with Crippen LogP contribution in [-0.2, 0) is 35.7 Å². The summed E-state index contributed by atoms with van der Waals surface area (Å²) < 4.78 is 9.28. The number of rotatable bonds is 9. The van der Waals surface area contributed by atoms with Gasteiger partial charge in [0.05, 0.1) is 19.5 Å². The SMILES string of the molecule is COCCn1cnc2c1c(=O)n(CC(=O)N(C)Cc1ccccc1C)c(=O)n2Cc1ccccc1. The van der Waals surface area contributed by atoms with Gasteiger partial charge >= 0.3 is 5.69 Å². The minimum Gasteiger partial charge on any atom is -0.383 e. The standard InChI is InChI=1S/C26H29N5O4/c1-19-9-7-8-12-21(19)16-28(2)22(32)17-31-25(33)23-24(27-18-29(23)13-14-35-3)30(26(31)34)15-20-10-5-4-6-11-20/h4-12,18H,13-17H2,1-3H3. The summed E-state index contributed by atoms with van der Waals surface area (Å²) >= 11 is 0. The van der Waals surface area contributed by atoms with Gasteiger partial charge in [0.1, 0.15) is 6.54 Å². The summed E-state index contributed by atoms with van der Waals surface area (Å²) in [6.45, 7) is 3.00. The first kappa shape index (κ1) is 24.2. The van der Waals surface area contributed by atoms with Gasteiger partial charge in [0.15, 0.2) is 11.2 Å². The number of methoxy groups -OCH3 is 1. The fraction of sp³-hybridized carbons (Fsp3) is 0.308. The second kappa shape index (κ2) is 10.5. The predicted molar refractivity (Wildman–Crippen MR) is 133 cm³/mol. The van der Waals surface area contributed by atoms with Gasteiger partial charge in [-0.2, -0.15) is 0 Å². The van der Waals surface area contributed by atoms with E-state index in [4.69, 9.17) is 4.74 Å². The van der Waals surface area contributed by atoms with Gasteiger partial charge in [-0.05, 0) is 23.6 Å². The van der Waals surface area contributed by atoms with Crippen LogP contribution in [0, 0.1) is 6.92 Å². The van der Waals surface area contributed by atoms with Gasteiger partial charge in [-0.15, -0.1) is 0 Å². The van der Waals surface area contributed by atoms with Gasteiger partial charge < -0.3 is 14.2 Å². The summed E-state index contributed by atoms with van der Waals surface area (Å²) in [5.41, 5.74) is 2.41. The molecule has 0 aliphatic carbocycles. The zero-order valence-electron chi connectivity index (χ0n) is 20.2. The molecule has 0 saturated heterocycles. The number of amides is 1. The van der Waals surface area contributed by atoms with Crippen molar-refractivity contribution in [1.29, 1.82) is 0 Å². The summed E-state index contributed by atoms with van der Waals surface area (Å²) in [4.78, 5) is 45.9. The second-order valence-corrected chi connectivity index (χ2v) is 8.52. The van der Waals surface area contributed by atoms with E-state index >= 15 is 0 Å². The van der Waals surface area contributed by atoms with E-state index in [9.17, 15) is 14.4 Å². The van der Waals surface area contributed by atoms with Gasteiger partial charge in [-0.3, -0.25) is 14.2 Å². The largest absolute Gasteiger partial charge is 0.383 e. The van der Waals surface area contributed by atoms with Gasteiger partial charge in [0, 0.05) is 27.2 Å². The number of aromatic nitrogens is 4. The predicted octanol–water partition coefficient (Wildman–Crippen LogP) is 2.02. The molecular formula is C26H29N5O4. The Hall–Kier alpha value is -3.98. The number of benzene rings is 2. The number of hydrogen-bond donors (Lipinski definition) is 0. The minimum atomic E-state index is -0.569. The number of nitrogens with zero attached hydrogens (tertiary/aromatic N) is 5. The average Bonchev–Trinajstić information content (AvgIpc) is 3.29. The van der Waals surface area contributed by atoms with Crippen molar-refractivity contribution in [3.05, 3.63) is 98.5 Å². The van der Waals surface area contributed by atoms with Crippen LogP contribution in [0.25, 0.3) is 11.2 Å². The Labute approximate surface area is 202 Å². The Balaban J connectivity index is 1.74. The van der Waals surface area contributed by atoms with Crippen molar-refractivity contribution in [1.82, 2.24) is 23.6 Å². The molecule has 2 aromatic carbocycles. The summed E-state index contributed by atoms with van der Waals surface area (Å²) in [6, 6.07) is 17.3. The monoisotopic (exact) mass is 475 g/mol. The van der Waals surface area contributed by atoms with Gasteiger partial charge in [-0.1, -0.05) is 54.6 Å². The van der Waals surface area contributed by atoms with Crippen molar-refractivity contribution in [2.45, 2.75) is 33.1 Å². The first-order valence-corrected chi connectivity index (χ1v) is 11.4. The fourth-order valence-electron chi connectivity index (χ4n) is 4.03. The normalized spacial score (nSPS) is 11.2. The highest BCUT2D eigenvalue weighted by Gasteiger charge is 2.21. The lowest BCUT2D eigenvalue weighted by molar-refractivity contribution is -0.131. The molecule has 0 spiro atoms. The molecule has 182 valence electrons. The van der Waals surface area contributed by atoms with Crippen LogP contribution in [0.2, 0.25) is 0 Å². The molecule has 2 aromatic heterocycles. The molecule has 2 heterocycles. The molecule has 0 atom stereocenters. The highest BCUT2D eigenvalue weighted by molar-refractivity contribution is 5.76. The van der Waals surface area contributed by atoms with E-state index in [1.807, 2.05) is 61.5 Å². The van der Waals surface area contributed by atoms with E-state index in [1.54, 1.807) is 18.7 Å². The average molecular weight is 476 g/mol. The van der Waals surface area contributed by atoms with E-state index in [1.165, 1.54) is 15.8 Å². The van der Waals surface area contributed by atoms with Crippen LogP contribution < -0.4 is 11.2 Å². The molecule has 0 radical (unpaired) electrons. The molecule has 0 fully saturated rings. The Kier molecular flexibility index (Phi) is 7.26. The van der Waals surface area contributed by atoms with Crippen molar-refractivity contribution >= 4 is 17.1 Å². The highest BCUT2D eigenvalue weighted by Crippen LogP contribution is 2.12. The molecule has 0 aliphatic heterocycles. The second-order valence-electron chi connectivity index (χ2n) is 8.52. The van der Waals surface area contributed by atoms with Gasteiger partial charge in [0.2, 0.25) is 5.91 Å². The van der Waals surface area contributed by atoms with E-state index in [2.05, 4.69) is 4.98 Å². The van der Waals surface area contributed by atoms with E-state index in [-0.39, 0.29) is 30.2 Å². The minimum absolute atomic E-state index is 0.227. The summed E-state index contributed by atoms with van der Waals surface area (Å²) in [6.07, 6.45) is 1.53. The Morgan fingerprint density at radius 2 is 1.74 bits per heavy atom. The summed E-state index contributed by atoms with van der Waals surface area (Å²) in [5, 5.41) is 0. The number of imidazole rings is 1. The van der Waals surface area contributed by atoms with Crippen LogP contribution in [0.15, 0.2) is 70.5 Å². The maximum Gasteiger partial charge on any atom is 0.333 e. The topological polar surface area (TPSA) is 91.4 Å². The lowest BCUT2D eigenvalue weighted by Gasteiger charge is -2.19. The molecular weight excluding hydrogens is 446 g/mol. The molecule has 0 saturated carbocycles. The molecule has 0 unspecified atom stereocenters. The van der Waals surface area contributed by atoms with Crippen LogP contribution in [-0.4, -0.2) is 50.3 Å². The molecule has 35 heavy (non-hydrogen) atoms. The molecule has 4 rings (SSSR count). The third kappa shape index (κ3) is 5.09. The fourth-order valence-corrected chi connectivity index (χ4v) is 4.03. The van der Waals surface area contributed by atoms with Crippen molar-refractivity contribution in [3.8, 4) is 0 Å². The van der Waals surface area contributed by atoms with Crippen LogP contribution in [0.4, 0.5) is 0 Å². The maximum atomic E-state index is 13.5. The lowest BCUT2D eigenvalue weighted by atomic mass is 10.1. The molecule has 0 aliphatic rings. The summed E-state index contributed by atoms with van der Waals surface area (Å²) in [7, 11) is 3.25. The summed E-state index contributed by atoms with van der Waals surface area (Å²) in [5.74, 6) is -0.332. The van der Waals surface area contributed by atoms with Gasteiger partial charge in [-0.25, -0.2) is 14.3 Å². The number of carbonyl (C=O) groups is 1. The lowest BCUT2D eigenvalue weighted by Crippen LogP contribution is -2.44. The molecule has 4 aromatic rings. The molecule has 9 heteroatoms. The first-order chi connectivity index (χ1) is 16.9. The molecule has 0 N–H and O–H groups in total. The Bertz CT molecular complexity index is 1450. The number of fused-ring (bicyclic) bond motifs is 1. The highest BCUT2D eigenvalue weighted by atomic mass is 16.5. The third-order valence-corrected chi connectivity index (χ3v) is 6.09. The van der Waals surface area contributed by atoms with Gasteiger partial charge in [0.25, 0.3) is 5.56 Å². The quantitative estimate of drug-likeness (QED) is 0.369. The molecule has 9 nitrogen and oxygen atoms in total. The van der Waals surface area contributed by atoms with Crippen molar-refractivity contribution in [2.24, 2.45) is 0 Å². The molecule has 1 amide bonds. The number of aryl methyl sites for hydroxylation is 1. The van der Waals surface area contributed by atoms with Crippen LogP contribution in [0.5, 0.6) is 0 Å². The van der Waals surface area contributed by atoms with Crippen LogP contribution in [0.3, 0.4) is 0 Å². The van der Waals surface area contributed by atoms with E-state index in [0.29, 0.717) is 19.7 Å². The third-order valence-electron chi connectivity index (χ3n) is 6.09. The smallest absolute Gasteiger partial charge is 0.333 e. The van der Waals surface area contributed by atoms with E-state index < -0.39 is 11.2 Å². The Morgan fingerprint density at radius 1 is 1.03 bits per heavy atom. The van der Waals surface area contributed by atoms with E-state index in [0.717, 1.165) is 21.3 Å². The van der Waals surface area contributed by atoms with Crippen LogP contribution >= 0.6 is 0 Å². The maximum absolute atomic E-state index is 13.5. The number of carbonyl (C=O) groups excluding carboxylic acids is 1. The first-order valence-electron chi connectivity index (χ1n) is 11.4. The number of likely N-dealkylation sites (N-methyl/N-ethyl adjacent to an activating group) is 1. The Morgan fingerprint density at radius 3 is 2.46 bits per heavy atom. The van der Waals surface area contributed by atoms with Crippen LogP contribution in [0.1, 0.15) is 16.7 Å².